The van der Waals surface area contributed by atoms with Crippen LogP contribution in [0.25, 0.3) is 0 Å². The number of aromatic nitrogens is 2. The van der Waals surface area contributed by atoms with Crippen LogP contribution in [0.3, 0.4) is 0 Å². The quantitative estimate of drug-likeness (QED) is 0.650. The summed E-state index contributed by atoms with van der Waals surface area (Å²) in [4.78, 5) is 0. The fourth-order valence-electron chi connectivity index (χ4n) is 2.23. The highest BCUT2D eigenvalue weighted by Crippen LogP contribution is 2.24. The molecule has 1 fully saturated rings. The molecule has 1 saturated carbocycles. The zero-order valence-electron chi connectivity index (χ0n) is 9.69. The molecule has 0 aromatic carbocycles. The summed E-state index contributed by atoms with van der Waals surface area (Å²) in [6.45, 7) is 3.45. The first-order valence-electron chi connectivity index (χ1n) is 5.98. The van der Waals surface area contributed by atoms with Crippen molar-refractivity contribution in [3.63, 3.8) is 0 Å². The van der Waals surface area contributed by atoms with Crippen molar-refractivity contribution in [3.05, 3.63) is 5.51 Å². The monoisotopic (exact) mass is 257 g/mol. The second-order valence-corrected chi connectivity index (χ2v) is 6.55. The Morgan fingerprint density at radius 1 is 1.50 bits per heavy atom. The van der Waals surface area contributed by atoms with Crippen molar-refractivity contribution in [1.82, 2.24) is 15.5 Å². The molecule has 16 heavy (non-hydrogen) atoms. The average Bonchev–Trinajstić information content (AvgIpc) is 2.79. The van der Waals surface area contributed by atoms with E-state index in [-0.39, 0.29) is 0 Å². The summed E-state index contributed by atoms with van der Waals surface area (Å²) in [7, 11) is 0. The van der Waals surface area contributed by atoms with Crippen molar-refractivity contribution in [1.29, 1.82) is 0 Å². The Kier molecular flexibility index (Phi) is 5.06. The number of thioether (sulfide) groups is 1. The van der Waals surface area contributed by atoms with Crippen LogP contribution in [-0.2, 0) is 0 Å². The molecule has 1 aromatic heterocycles. The van der Waals surface area contributed by atoms with Gasteiger partial charge < -0.3 is 5.32 Å². The van der Waals surface area contributed by atoms with E-state index in [2.05, 4.69) is 22.4 Å². The lowest BCUT2D eigenvalue weighted by Gasteiger charge is -2.29. The van der Waals surface area contributed by atoms with Gasteiger partial charge in [0.15, 0.2) is 4.34 Å². The Morgan fingerprint density at radius 2 is 2.38 bits per heavy atom. The third-order valence-corrected chi connectivity index (χ3v) is 5.05. The highest BCUT2D eigenvalue weighted by Gasteiger charge is 2.19. The molecule has 0 saturated heterocycles. The van der Waals surface area contributed by atoms with Crippen molar-refractivity contribution in [3.8, 4) is 0 Å². The van der Waals surface area contributed by atoms with E-state index >= 15 is 0 Å². The van der Waals surface area contributed by atoms with Crippen LogP contribution in [0.15, 0.2) is 9.85 Å². The number of nitrogens with zero attached hydrogens (tertiary/aromatic N) is 2. The summed E-state index contributed by atoms with van der Waals surface area (Å²) in [6, 6.07) is 0.740. The highest BCUT2D eigenvalue weighted by molar-refractivity contribution is 8.01. The van der Waals surface area contributed by atoms with Crippen molar-refractivity contribution < 1.29 is 0 Å². The standard InChI is InChI=1S/C11H19N3S2/c1-9-4-2-3-5-10(9)12-6-7-15-11-14-13-8-16-11/h8-10,12H,2-7H2,1H3. The van der Waals surface area contributed by atoms with Gasteiger partial charge in [0.1, 0.15) is 5.51 Å². The van der Waals surface area contributed by atoms with Crippen LogP contribution in [0.2, 0.25) is 0 Å². The molecule has 2 unspecified atom stereocenters. The third kappa shape index (κ3) is 3.71. The van der Waals surface area contributed by atoms with E-state index in [1.807, 2.05) is 0 Å². The number of nitrogens with one attached hydrogen (secondary N) is 1. The number of rotatable bonds is 5. The topological polar surface area (TPSA) is 37.8 Å². The molecule has 0 radical (unpaired) electrons. The zero-order chi connectivity index (χ0) is 11.2. The fraction of sp³-hybridized carbons (Fsp3) is 0.818. The van der Waals surface area contributed by atoms with Gasteiger partial charge in [0.2, 0.25) is 0 Å². The number of hydrogen-bond acceptors (Lipinski definition) is 5. The molecule has 1 aromatic rings. The van der Waals surface area contributed by atoms with Gasteiger partial charge in [0.25, 0.3) is 0 Å². The van der Waals surface area contributed by atoms with E-state index in [0.717, 1.165) is 28.6 Å². The molecular weight excluding hydrogens is 238 g/mol. The van der Waals surface area contributed by atoms with Crippen molar-refractivity contribution in [2.24, 2.45) is 5.92 Å². The van der Waals surface area contributed by atoms with Crippen LogP contribution in [0, 0.1) is 5.92 Å². The Morgan fingerprint density at radius 3 is 3.12 bits per heavy atom. The molecular formula is C11H19N3S2. The molecule has 1 aliphatic rings. The van der Waals surface area contributed by atoms with Gasteiger partial charge in [-0.25, -0.2) is 0 Å². The maximum absolute atomic E-state index is 4.02. The van der Waals surface area contributed by atoms with Crippen molar-refractivity contribution in [2.75, 3.05) is 12.3 Å². The van der Waals surface area contributed by atoms with Gasteiger partial charge in [-0.2, -0.15) is 0 Å². The lowest BCUT2D eigenvalue weighted by Crippen LogP contribution is -2.38. The molecule has 1 heterocycles. The van der Waals surface area contributed by atoms with Crippen LogP contribution in [-0.4, -0.2) is 28.5 Å². The number of hydrogen-bond donors (Lipinski definition) is 1. The second-order valence-electron chi connectivity index (χ2n) is 4.38. The van der Waals surface area contributed by atoms with E-state index in [0.29, 0.717) is 0 Å². The summed E-state index contributed by atoms with van der Waals surface area (Å²) in [5.41, 5.74) is 1.79. The lowest BCUT2D eigenvalue weighted by molar-refractivity contribution is 0.285. The maximum Gasteiger partial charge on any atom is 0.174 e. The molecule has 1 aliphatic carbocycles. The summed E-state index contributed by atoms with van der Waals surface area (Å²) in [6.07, 6.45) is 5.55. The molecule has 2 atom stereocenters. The Hall–Kier alpha value is -0.130. The predicted octanol–water partition coefficient (Wildman–Crippen LogP) is 2.80. The van der Waals surface area contributed by atoms with Gasteiger partial charge in [-0.3, -0.25) is 0 Å². The zero-order valence-corrected chi connectivity index (χ0v) is 11.3. The van der Waals surface area contributed by atoms with E-state index in [1.54, 1.807) is 28.6 Å². The summed E-state index contributed by atoms with van der Waals surface area (Å²) >= 11 is 3.42. The Labute approximate surface area is 105 Å². The predicted molar refractivity (Wildman–Crippen MR) is 70.1 cm³/mol. The van der Waals surface area contributed by atoms with Crippen LogP contribution < -0.4 is 5.32 Å². The van der Waals surface area contributed by atoms with Crippen LogP contribution in [0.1, 0.15) is 32.6 Å². The molecule has 5 heteroatoms. The van der Waals surface area contributed by atoms with E-state index < -0.39 is 0 Å². The first kappa shape index (κ1) is 12.3. The third-order valence-electron chi connectivity index (χ3n) is 3.19. The molecule has 0 amide bonds. The van der Waals surface area contributed by atoms with Crippen LogP contribution in [0.5, 0.6) is 0 Å². The highest BCUT2D eigenvalue weighted by atomic mass is 32.2. The van der Waals surface area contributed by atoms with Gasteiger partial charge >= 0.3 is 0 Å². The van der Waals surface area contributed by atoms with Gasteiger partial charge in [0.05, 0.1) is 0 Å². The minimum atomic E-state index is 0.740. The van der Waals surface area contributed by atoms with E-state index in [4.69, 9.17) is 0 Å². The van der Waals surface area contributed by atoms with Crippen LogP contribution in [0.4, 0.5) is 0 Å². The van der Waals surface area contributed by atoms with Gasteiger partial charge in [0, 0.05) is 18.3 Å². The smallest absolute Gasteiger partial charge is 0.174 e. The Bertz CT molecular complexity index is 289. The molecule has 0 spiro atoms. The summed E-state index contributed by atoms with van der Waals surface area (Å²) in [5.74, 6) is 1.94. The van der Waals surface area contributed by atoms with Gasteiger partial charge in [-0.15, -0.1) is 10.2 Å². The van der Waals surface area contributed by atoms with E-state index in [1.165, 1.54) is 25.7 Å². The normalized spacial score (nSPS) is 25.8. The molecule has 1 N–H and O–H groups in total. The fourth-order valence-corrected chi connectivity index (χ4v) is 3.66. The Balaban J connectivity index is 1.60. The molecule has 0 aliphatic heterocycles. The molecule has 90 valence electrons. The molecule has 3 nitrogen and oxygen atoms in total. The SMILES string of the molecule is CC1CCCCC1NCCSc1nncs1. The second kappa shape index (κ2) is 6.57. The molecule has 0 bridgehead atoms. The average molecular weight is 257 g/mol. The molecule has 2 rings (SSSR count). The van der Waals surface area contributed by atoms with Crippen molar-refractivity contribution >= 4 is 23.1 Å². The summed E-state index contributed by atoms with van der Waals surface area (Å²) < 4.78 is 1.08. The minimum Gasteiger partial charge on any atom is -0.313 e. The van der Waals surface area contributed by atoms with E-state index in [9.17, 15) is 0 Å². The van der Waals surface area contributed by atoms with Crippen LogP contribution >= 0.6 is 23.1 Å². The first-order chi connectivity index (χ1) is 7.86. The summed E-state index contributed by atoms with van der Waals surface area (Å²) in [5, 5.41) is 11.5. The first-order valence-corrected chi connectivity index (χ1v) is 7.85. The van der Waals surface area contributed by atoms with Crippen molar-refractivity contribution in [2.45, 2.75) is 43.0 Å². The van der Waals surface area contributed by atoms with Gasteiger partial charge in [-0.05, 0) is 18.8 Å². The lowest BCUT2D eigenvalue weighted by atomic mass is 9.86. The largest absolute Gasteiger partial charge is 0.313 e. The minimum absolute atomic E-state index is 0.740. The maximum atomic E-state index is 4.02. The van der Waals surface area contributed by atoms with Gasteiger partial charge in [-0.1, -0.05) is 42.9 Å².